The van der Waals surface area contributed by atoms with Gasteiger partial charge in [0.2, 0.25) is 5.91 Å². The molecule has 21 heavy (non-hydrogen) atoms. The van der Waals surface area contributed by atoms with Crippen molar-refractivity contribution in [2.75, 3.05) is 6.54 Å². The molecule has 0 aromatic rings. The van der Waals surface area contributed by atoms with Crippen LogP contribution in [0.5, 0.6) is 0 Å². The Morgan fingerprint density at radius 2 is 1.62 bits per heavy atom. The van der Waals surface area contributed by atoms with Crippen LogP contribution in [0.3, 0.4) is 0 Å². The molecule has 0 spiro atoms. The summed E-state index contributed by atoms with van der Waals surface area (Å²) in [5.41, 5.74) is 0. The van der Waals surface area contributed by atoms with E-state index in [9.17, 15) is 9.59 Å². The molecule has 3 nitrogen and oxygen atoms in total. The Kier molecular flexibility index (Phi) is 3.35. The van der Waals surface area contributed by atoms with Crippen LogP contribution in [0.2, 0.25) is 0 Å². The molecule has 3 heteroatoms. The molecular weight excluding hydrogens is 262 g/mol. The number of hydrogen-bond acceptors (Lipinski definition) is 2. The minimum absolute atomic E-state index is 0.201. The largest absolute Gasteiger partial charge is 0.339 e. The van der Waals surface area contributed by atoms with Crippen LogP contribution in [0.15, 0.2) is 0 Å². The summed E-state index contributed by atoms with van der Waals surface area (Å²) in [4.78, 5) is 26.7. The second-order valence-electron chi connectivity index (χ2n) is 8.19. The first-order valence-corrected chi connectivity index (χ1v) is 8.91. The summed E-state index contributed by atoms with van der Waals surface area (Å²) in [7, 11) is 0. The zero-order chi connectivity index (χ0) is 14.6. The highest BCUT2D eigenvalue weighted by atomic mass is 16.2. The van der Waals surface area contributed by atoms with Crippen LogP contribution >= 0.6 is 0 Å². The Hall–Kier alpha value is -0.860. The fraction of sp³-hybridized carbons (Fsp3) is 0.889. The van der Waals surface area contributed by atoms with Crippen molar-refractivity contribution in [3.63, 3.8) is 0 Å². The van der Waals surface area contributed by atoms with E-state index in [1.165, 1.54) is 32.1 Å². The molecule has 1 saturated heterocycles. The van der Waals surface area contributed by atoms with Crippen LogP contribution in [-0.2, 0) is 9.59 Å². The van der Waals surface area contributed by atoms with Gasteiger partial charge in [0, 0.05) is 24.9 Å². The fourth-order valence-corrected chi connectivity index (χ4v) is 6.19. The van der Waals surface area contributed by atoms with Crippen LogP contribution in [0.1, 0.15) is 58.3 Å². The number of nitrogens with zero attached hydrogens (tertiary/aromatic N) is 1. The van der Waals surface area contributed by atoms with E-state index >= 15 is 0 Å². The van der Waals surface area contributed by atoms with Gasteiger partial charge in [0.25, 0.3) is 0 Å². The highest BCUT2D eigenvalue weighted by Crippen LogP contribution is 2.57. The van der Waals surface area contributed by atoms with Gasteiger partial charge in [-0.1, -0.05) is 0 Å². The maximum absolute atomic E-state index is 13.1. The maximum Gasteiger partial charge on any atom is 0.226 e. The summed E-state index contributed by atoms with van der Waals surface area (Å²) < 4.78 is 0. The first kappa shape index (κ1) is 13.8. The Morgan fingerprint density at radius 3 is 2.19 bits per heavy atom. The van der Waals surface area contributed by atoms with Gasteiger partial charge < -0.3 is 4.90 Å². The molecule has 5 aliphatic rings. The molecule has 4 bridgehead atoms. The van der Waals surface area contributed by atoms with Crippen LogP contribution in [0, 0.1) is 29.6 Å². The van der Waals surface area contributed by atoms with Gasteiger partial charge in [-0.2, -0.15) is 0 Å². The van der Waals surface area contributed by atoms with Gasteiger partial charge in [-0.05, 0) is 75.5 Å². The van der Waals surface area contributed by atoms with Crippen molar-refractivity contribution in [1.82, 2.24) is 4.90 Å². The van der Waals surface area contributed by atoms with Gasteiger partial charge in [-0.3, -0.25) is 9.59 Å². The van der Waals surface area contributed by atoms with Crippen LogP contribution in [0.4, 0.5) is 0 Å². The monoisotopic (exact) mass is 289 g/mol. The number of likely N-dealkylation sites (tertiary alicyclic amines) is 1. The molecule has 1 unspecified atom stereocenters. The third-order valence-electron chi connectivity index (χ3n) is 6.70. The number of carbonyl (C=O) groups excluding carboxylic acids is 2. The third kappa shape index (κ3) is 2.33. The summed E-state index contributed by atoms with van der Waals surface area (Å²) in [6.45, 7) is 2.55. The highest BCUT2D eigenvalue weighted by molar-refractivity contribution is 5.82. The van der Waals surface area contributed by atoms with Crippen molar-refractivity contribution in [3.05, 3.63) is 0 Å². The fourth-order valence-electron chi connectivity index (χ4n) is 6.19. The van der Waals surface area contributed by atoms with E-state index in [0.717, 1.165) is 31.2 Å². The van der Waals surface area contributed by atoms with Crippen molar-refractivity contribution >= 4 is 11.7 Å². The molecule has 1 amide bonds. The van der Waals surface area contributed by atoms with E-state index in [1.54, 1.807) is 6.92 Å². The van der Waals surface area contributed by atoms with Gasteiger partial charge in [0.05, 0.1) is 0 Å². The minimum atomic E-state index is 0.201. The zero-order valence-electron chi connectivity index (χ0n) is 13.1. The summed E-state index contributed by atoms with van der Waals surface area (Å²) in [6, 6.07) is 0.201. The smallest absolute Gasteiger partial charge is 0.226 e. The standard InChI is InChI=1S/C18H27NO2/c1-11(20)5-16-3-2-4-19(16)18(21)17-14-7-12-6-13(9-14)10-15(17)8-12/h12-17H,2-10H2,1H3. The van der Waals surface area contributed by atoms with Gasteiger partial charge >= 0.3 is 0 Å². The lowest BCUT2D eigenvalue weighted by atomic mass is 9.51. The van der Waals surface area contributed by atoms with Crippen LogP contribution in [-0.4, -0.2) is 29.2 Å². The summed E-state index contributed by atoms with van der Waals surface area (Å²) >= 11 is 0. The third-order valence-corrected chi connectivity index (χ3v) is 6.70. The normalized spacial score (nSPS) is 44.3. The van der Waals surface area contributed by atoms with E-state index < -0.39 is 0 Å². The second-order valence-corrected chi connectivity index (χ2v) is 8.19. The lowest BCUT2D eigenvalue weighted by Crippen LogP contribution is -2.52. The van der Waals surface area contributed by atoms with Crippen LogP contribution in [0.25, 0.3) is 0 Å². The van der Waals surface area contributed by atoms with Crippen molar-refractivity contribution in [2.45, 2.75) is 64.3 Å². The Labute approximate surface area is 127 Å². The predicted molar refractivity (Wildman–Crippen MR) is 80.6 cm³/mol. The molecule has 116 valence electrons. The number of carbonyl (C=O) groups is 2. The van der Waals surface area contributed by atoms with Crippen molar-refractivity contribution in [1.29, 1.82) is 0 Å². The molecule has 1 aliphatic heterocycles. The average Bonchev–Trinajstić information content (AvgIpc) is 2.84. The predicted octanol–water partition coefficient (Wildman–Crippen LogP) is 3.03. The van der Waals surface area contributed by atoms with E-state index in [-0.39, 0.29) is 11.8 Å². The topological polar surface area (TPSA) is 37.4 Å². The number of rotatable bonds is 3. The molecule has 1 atom stereocenters. The van der Waals surface area contributed by atoms with Crippen molar-refractivity contribution in [3.8, 4) is 0 Å². The molecule has 4 saturated carbocycles. The lowest BCUT2D eigenvalue weighted by Gasteiger charge is -2.54. The SMILES string of the molecule is CC(=O)CC1CCCN1C(=O)C1C2CC3CC(C2)CC1C3. The average molecular weight is 289 g/mol. The zero-order valence-corrected chi connectivity index (χ0v) is 13.1. The Balaban J connectivity index is 1.50. The van der Waals surface area contributed by atoms with Gasteiger partial charge in [-0.25, -0.2) is 0 Å². The van der Waals surface area contributed by atoms with E-state index in [2.05, 4.69) is 4.90 Å². The molecule has 0 N–H and O–H groups in total. The molecule has 1 heterocycles. The number of Topliss-reactive ketones (excluding diaryl/α,β-unsaturated/α-hetero) is 1. The van der Waals surface area contributed by atoms with Gasteiger partial charge in [0.1, 0.15) is 5.78 Å². The molecule has 0 radical (unpaired) electrons. The van der Waals surface area contributed by atoms with Crippen molar-refractivity contribution < 1.29 is 9.59 Å². The summed E-state index contributed by atoms with van der Waals surface area (Å²) in [5.74, 6) is 4.09. The summed E-state index contributed by atoms with van der Waals surface area (Å²) in [5, 5.41) is 0. The first-order chi connectivity index (χ1) is 10.1. The molecule has 0 aromatic carbocycles. The molecule has 5 rings (SSSR count). The number of ketones is 1. The van der Waals surface area contributed by atoms with Crippen LogP contribution < -0.4 is 0 Å². The van der Waals surface area contributed by atoms with Crippen molar-refractivity contribution in [2.24, 2.45) is 29.6 Å². The van der Waals surface area contributed by atoms with E-state index in [0.29, 0.717) is 30.1 Å². The minimum Gasteiger partial charge on any atom is -0.339 e. The molecule has 4 aliphatic carbocycles. The number of amides is 1. The number of hydrogen-bond donors (Lipinski definition) is 0. The van der Waals surface area contributed by atoms with Gasteiger partial charge in [0.15, 0.2) is 0 Å². The second kappa shape index (κ2) is 5.10. The quantitative estimate of drug-likeness (QED) is 0.801. The lowest BCUT2D eigenvalue weighted by molar-refractivity contribution is -0.150. The van der Waals surface area contributed by atoms with E-state index in [4.69, 9.17) is 0 Å². The van der Waals surface area contributed by atoms with Gasteiger partial charge in [-0.15, -0.1) is 0 Å². The molecule has 5 fully saturated rings. The highest BCUT2D eigenvalue weighted by Gasteiger charge is 2.52. The molecular formula is C18H27NO2. The summed E-state index contributed by atoms with van der Waals surface area (Å²) in [6.07, 6.45) is 9.31. The maximum atomic E-state index is 13.1. The Bertz CT molecular complexity index is 430. The van der Waals surface area contributed by atoms with E-state index in [1.807, 2.05) is 0 Å². The Morgan fingerprint density at radius 1 is 1.00 bits per heavy atom. The molecule has 0 aromatic heterocycles. The first-order valence-electron chi connectivity index (χ1n) is 8.91.